The molecule has 3 N–H and O–H groups in total. The summed E-state index contributed by atoms with van der Waals surface area (Å²) in [4.78, 5) is 31.2. The molecule has 1 aromatic rings. The molecule has 0 amide bonds. The standard InChI is InChI=1S/C12H17N3O4S/c1-12(2,3)4-8(16)10(15-19-5-9(17)18)7-6-20-11(13)14-7/h6H,4-5H2,1-3H3,(H2,13,14)(H,17,18)/b15-10+. The molecule has 0 aromatic carbocycles. The lowest BCUT2D eigenvalue weighted by molar-refractivity contribution is -0.142. The lowest BCUT2D eigenvalue weighted by Crippen LogP contribution is -2.23. The van der Waals surface area contributed by atoms with Crippen molar-refractivity contribution in [3.8, 4) is 0 Å². The number of Topliss-reactive ketones (excluding diaryl/α,β-unsaturated/α-hetero) is 1. The van der Waals surface area contributed by atoms with E-state index in [0.717, 1.165) is 0 Å². The highest BCUT2D eigenvalue weighted by molar-refractivity contribution is 7.13. The van der Waals surface area contributed by atoms with Gasteiger partial charge in [-0.1, -0.05) is 25.9 Å². The lowest BCUT2D eigenvalue weighted by atomic mass is 9.88. The van der Waals surface area contributed by atoms with Gasteiger partial charge in [-0.3, -0.25) is 4.79 Å². The molecule has 0 saturated heterocycles. The Hall–Kier alpha value is -1.96. The predicted molar refractivity (Wildman–Crippen MR) is 75.7 cm³/mol. The molecule has 0 atom stereocenters. The fraction of sp³-hybridized carbons (Fsp3) is 0.500. The van der Waals surface area contributed by atoms with Crippen molar-refractivity contribution >= 4 is 33.9 Å². The Bertz CT molecular complexity index is 531. The van der Waals surface area contributed by atoms with E-state index in [1.165, 1.54) is 11.3 Å². The van der Waals surface area contributed by atoms with Gasteiger partial charge in [-0.25, -0.2) is 9.78 Å². The number of ketones is 1. The summed E-state index contributed by atoms with van der Waals surface area (Å²) in [6.07, 6.45) is 0.236. The maximum absolute atomic E-state index is 12.2. The number of carboxylic acid groups (broad SMARTS) is 1. The summed E-state index contributed by atoms with van der Waals surface area (Å²) in [7, 11) is 0. The van der Waals surface area contributed by atoms with E-state index in [4.69, 9.17) is 10.8 Å². The summed E-state index contributed by atoms with van der Waals surface area (Å²) in [5, 5.41) is 14.0. The number of oxime groups is 1. The number of aromatic nitrogens is 1. The molecule has 1 rings (SSSR count). The molecule has 7 nitrogen and oxygen atoms in total. The van der Waals surface area contributed by atoms with E-state index in [1.807, 2.05) is 20.8 Å². The van der Waals surface area contributed by atoms with Crippen LogP contribution < -0.4 is 5.73 Å². The summed E-state index contributed by atoms with van der Waals surface area (Å²) in [6.45, 7) is 5.12. The Balaban J connectivity index is 2.95. The van der Waals surface area contributed by atoms with Crippen LogP contribution in [0.5, 0.6) is 0 Å². The normalized spacial score (nSPS) is 12.2. The van der Waals surface area contributed by atoms with Crippen LogP contribution in [-0.4, -0.2) is 34.2 Å². The first kappa shape index (κ1) is 16.1. The van der Waals surface area contributed by atoms with E-state index < -0.39 is 12.6 Å². The molecule has 8 heteroatoms. The van der Waals surface area contributed by atoms with E-state index in [9.17, 15) is 9.59 Å². The Labute approximate surface area is 120 Å². The third kappa shape index (κ3) is 5.35. The summed E-state index contributed by atoms with van der Waals surface area (Å²) in [5.74, 6) is -1.44. The van der Waals surface area contributed by atoms with Gasteiger partial charge < -0.3 is 15.7 Å². The van der Waals surface area contributed by atoms with Gasteiger partial charge in [0, 0.05) is 11.8 Å². The van der Waals surface area contributed by atoms with Crippen LogP contribution in [0, 0.1) is 5.41 Å². The molecular weight excluding hydrogens is 282 g/mol. The van der Waals surface area contributed by atoms with E-state index >= 15 is 0 Å². The highest BCUT2D eigenvalue weighted by atomic mass is 32.1. The molecular formula is C12H17N3O4S. The topological polar surface area (TPSA) is 115 Å². The number of nitrogens with two attached hydrogens (primary N) is 1. The Morgan fingerprint density at radius 3 is 2.60 bits per heavy atom. The second-order valence-corrected chi connectivity index (χ2v) is 6.23. The van der Waals surface area contributed by atoms with E-state index in [-0.39, 0.29) is 23.3 Å². The molecule has 0 aliphatic heterocycles. The Morgan fingerprint density at radius 2 is 2.15 bits per heavy atom. The molecule has 0 saturated carbocycles. The van der Waals surface area contributed by atoms with E-state index in [1.54, 1.807) is 5.38 Å². The SMILES string of the molecule is CC(C)(C)CC(=O)/C(=N/OCC(=O)O)c1csc(N)n1. The lowest BCUT2D eigenvalue weighted by Gasteiger charge is -2.16. The number of aliphatic carboxylic acids is 1. The van der Waals surface area contributed by atoms with Gasteiger partial charge in [0.1, 0.15) is 5.69 Å². The van der Waals surface area contributed by atoms with Crippen molar-refractivity contribution in [3.05, 3.63) is 11.1 Å². The molecule has 20 heavy (non-hydrogen) atoms. The molecule has 0 bridgehead atoms. The van der Waals surface area contributed by atoms with Crippen LogP contribution in [0.3, 0.4) is 0 Å². The largest absolute Gasteiger partial charge is 0.479 e. The van der Waals surface area contributed by atoms with Crippen molar-refractivity contribution in [2.24, 2.45) is 10.6 Å². The van der Waals surface area contributed by atoms with Gasteiger partial charge in [-0.15, -0.1) is 11.3 Å². The number of carbonyl (C=O) groups excluding carboxylic acids is 1. The van der Waals surface area contributed by atoms with Crippen molar-refractivity contribution in [2.75, 3.05) is 12.3 Å². The van der Waals surface area contributed by atoms with Gasteiger partial charge in [0.2, 0.25) is 6.61 Å². The summed E-state index contributed by atoms with van der Waals surface area (Å²) in [6, 6.07) is 0. The number of hydrogen-bond acceptors (Lipinski definition) is 7. The van der Waals surface area contributed by atoms with Gasteiger partial charge in [0.05, 0.1) is 0 Å². The average molecular weight is 299 g/mol. The minimum atomic E-state index is -1.17. The second kappa shape index (κ2) is 6.47. The molecule has 0 spiro atoms. The van der Waals surface area contributed by atoms with Crippen LogP contribution in [0.2, 0.25) is 0 Å². The van der Waals surface area contributed by atoms with Gasteiger partial charge >= 0.3 is 5.97 Å². The fourth-order valence-electron chi connectivity index (χ4n) is 1.35. The van der Waals surface area contributed by atoms with Gasteiger partial charge in [0.15, 0.2) is 16.6 Å². The second-order valence-electron chi connectivity index (χ2n) is 5.34. The Kier molecular flexibility index (Phi) is 5.20. The van der Waals surface area contributed by atoms with Crippen molar-refractivity contribution < 1.29 is 19.5 Å². The molecule has 110 valence electrons. The van der Waals surface area contributed by atoms with Gasteiger partial charge in [-0.05, 0) is 5.41 Å². The maximum Gasteiger partial charge on any atom is 0.344 e. The molecule has 0 fully saturated rings. The van der Waals surface area contributed by atoms with Crippen LogP contribution in [0.15, 0.2) is 10.5 Å². The van der Waals surface area contributed by atoms with Crippen molar-refractivity contribution in [1.82, 2.24) is 4.98 Å². The van der Waals surface area contributed by atoms with Crippen LogP contribution in [0.1, 0.15) is 32.9 Å². The van der Waals surface area contributed by atoms with Crippen molar-refractivity contribution in [1.29, 1.82) is 0 Å². The zero-order valence-corrected chi connectivity index (χ0v) is 12.4. The molecule has 1 heterocycles. The smallest absolute Gasteiger partial charge is 0.344 e. The summed E-state index contributed by atoms with van der Waals surface area (Å²) >= 11 is 1.17. The Morgan fingerprint density at radius 1 is 1.50 bits per heavy atom. The number of carboxylic acids is 1. The highest BCUT2D eigenvalue weighted by Gasteiger charge is 2.24. The number of hydrogen-bond donors (Lipinski definition) is 2. The first-order valence-corrected chi connectivity index (χ1v) is 6.73. The number of carbonyl (C=O) groups is 2. The van der Waals surface area contributed by atoms with Gasteiger partial charge in [0.25, 0.3) is 0 Å². The third-order valence-corrected chi connectivity index (χ3v) is 2.74. The van der Waals surface area contributed by atoms with Crippen molar-refractivity contribution in [2.45, 2.75) is 27.2 Å². The van der Waals surface area contributed by atoms with Crippen molar-refractivity contribution in [3.63, 3.8) is 0 Å². The number of rotatable bonds is 6. The third-order valence-electron chi connectivity index (χ3n) is 2.06. The van der Waals surface area contributed by atoms with E-state index in [0.29, 0.717) is 10.8 Å². The number of nitrogens with zero attached hydrogens (tertiary/aromatic N) is 2. The van der Waals surface area contributed by atoms with Gasteiger partial charge in [-0.2, -0.15) is 0 Å². The van der Waals surface area contributed by atoms with E-state index in [2.05, 4.69) is 15.0 Å². The minimum Gasteiger partial charge on any atom is -0.479 e. The van der Waals surface area contributed by atoms with Crippen LogP contribution in [-0.2, 0) is 14.4 Å². The van der Waals surface area contributed by atoms with Crippen LogP contribution in [0.25, 0.3) is 0 Å². The molecule has 0 aliphatic carbocycles. The van der Waals surface area contributed by atoms with Crippen LogP contribution >= 0.6 is 11.3 Å². The first-order valence-electron chi connectivity index (χ1n) is 5.85. The summed E-state index contributed by atoms with van der Waals surface area (Å²) < 4.78 is 0. The maximum atomic E-state index is 12.2. The zero-order valence-electron chi connectivity index (χ0n) is 11.5. The average Bonchev–Trinajstić information content (AvgIpc) is 2.68. The molecule has 0 unspecified atom stereocenters. The summed E-state index contributed by atoms with van der Waals surface area (Å²) in [5.41, 5.74) is 5.59. The predicted octanol–water partition coefficient (Wildman–Crippen LogP) is 1.54. The quantitative estimate of drug-likeness (QED) is 0.608. The minimum absolute atomic E-state index is 0.00544. The first-order chi connectivity index (χ1) is 9.19. The zero-order chi connectivity index (χ0) is 15.3. The molecule has 0 radical (unpaired) electrons. The highest BCUT2D eigenvalue weighted by Crippen LogP contribution is 2.21. The fourth-order valence-corrected chi connectivity index (χ4v) is 1.90. The number of anilines is 1. The van der Waals surface area contributed by atoms with Crippen LogP contribution in [0.4, 0.5) is 5.13 Å². The number of nitrogen functional groups attached to an aromatic ring is 1. The number of thiazole rings is 1. The molecule has 1 aromatic heterocycles. The monoisotopic (exact) mass is 299 g/mol. The molecule has 0 aliphatic rings.